The van der Waals surface area contributed by atoms with Crippen molar-refractivity contribution >= 4 is 22.4 Å². The molecule has 7 heteroatoms. The summed E-state index contributed by atoms with van der Waals surface area (Å²) in [5.41, 5.74) is 0. The second kappa shape index (κ2) is 8.47. The van der Waals surface area contributed by atoms with Crippen molar-refractivity contribution < 1.29 is 14.3 Å². The van der Waals surface area contributed by atoms with E-state index in [0.717, 1.165) is 23.6 Å². The number of rotatable bonds is 8. The van der Waals surface area contributed by atoms with E-state index >= 15 is 0 Å². The van der Waals surface area contributed by atoms with Crippen LogP contribution in [0, 0.1) is 0 Å². The lowest BCUT2D eigenvalue weighted by molar-refractivity contribution is -0.118. The minimum absolute atomic E-state index is 0.0772. The lowest BCUT2D eigenvalue weighted by atomic mass is 10.1. The molecule has 0 aliphatic heterocycles. The number of benzene rings is 1. The molecule has 2 aromatic rings. The predicted octanol–water partition coefficient (Wildman–Crippen LogP) is 3.47. The molecule has 2 rings (SSSR count). The number of aromatic nitrogens is 2. The molecule has 23 heavy (non-hydrogen) atoms. The first kappa shape index (κ1) is 17.2. The Morgan fingerprint density at radius 3 is 2.43 bits per heavy atom. The highest BCUT2D eigenvalue weighted by Gasteiger charge is 2.14. The Labute approximate surface area is 139 Å². The number of carbonyl (C=O) groups excluding carboxylic acids is 1. The minimum atomic E-state index is -0.256. The van der Waals surface area contributed by atoms with Gasteiger partial charge in [-0.2, -0.15) is 0 Å². The van der Waals surface area contributed by atoms with Crippen molar-refractivity contribution in [2.45, 2.75) is 32.6 Å². The van der Waals surface area contributed by atoms with Crippen molar-refractivity contribution in [2.24, 2.45) is 0 Å². The highest BCUT2D eigenvalue weighted by molar-refractivity contribution is 7.15. The fraction of sp³-hybridized carbons (Fsp3) is 0.438. The number of hydrogen-bond donors (Lipinski definition) is 1. The first-order valence-electron chi connectivity index (χ1n) is 7.56. The zero-order valence-corrected chi connectivity index (χ0v) is 14.4. The average Bonchev–Trinajstić information content (AvgIpc) is 3.03. The van der Waals surface area contributed by atoms with Gasteiger partial charge in [-0.05, 0) is 37.1 Å². The van der Waals surface area contributed by atoms with E-state index in [1.807, 2.05) is 0 Å². The molecule has 0 aliphatic carbocycles. The highest BCUT2D eigenvalue weighted by Crippen LogP contribution is 2.28. The quantitative estimate of drug-likeness (QED) is 0.799. The van der Waals surface area contributed by atoms with Gasteiger partial charge in [0.05, 0.1) is 7.11 Å². The number of methoxy groups -OCH3 is 1. The van der Waals surface area contributed by atoms with Crippen LogP contribution in [0.25, 0.3) is 0 Å². The molecular weight excluding hydrogens is 314 g/mol. The van der Waals surface area contributed by atoms with Gasteiger partial charge in [-0.15, -0.1) is 10.2 Å². The molecule has 124 valence electrons. The van der Waals surface area contributed by atoms with Gasteiger partial charge >= 0.3 is 0 Å². The van der Waals surface area contributed by atoms with Gasteiger partial charge in [-0.3, -0.25) is 10.1 Å². The number of hydrogen-bond acceptors (Lipinski definition) is 6. The number of amides is 1. The lowest BCUT2D eigenvalue weighted by Gasteiger charge is -2.07. The third kappa shape index (κ3) is 4.92. The van der Waals surface area contributed by atoms with Gasteiger partial charge in [0.15, 0.2) is 6.61 Å². The Morgan fingerprint density at radius 1 is 1.17 bits per heavy atom. The number of anilines is 1. The smallest absolute Gasteiger partial charge is 0.264 e. The van der Waals surface area contributed by atoms with Crippen molar-refractivity contribution in [3.05, 3.63) is 29.3 Å². The summed E-state index contributed by atoms with van der Waals surface area (Å²) in [6.45, 7) is 4.17. The van der Waals surface area contributed by atoms with Crippen molar-refractivity contribution in [1.29, 1.82) is 0 Å². The number of ether oxygens (including phenoxy) is 2. The molecule has 1 aromatic carbocycles. The van der Waals surface area contributed by atoms with E-state index in [9.17, 15) is 4.79 Å². The maximum absolute atomic E-state index is 11.9. The fourth-order valence-electron chi connectivity index (χ4n) is 2.06. The molecule has 1 N–H and O–H groups in total. The SMILES string of the molecule is CCC(CC)c1nnc(NC(=O)COc2ccc(OC)cc2)s1. The molecule has 0 bridgehead atoms. The molecule has 0 saturated carbocycles. The topological polar surface area (TPSA) is 73.3 Å². The highest BCUT2D eigenvalue weighted by atomic mass is 32.1. The molecule has 1 heterocycles. The summed E-state index contributed by atoms with van der Waals surface area (Å²) in [5, 5.41) is 12.3. The first-order chi connectivity index (χ1) is 11.2. The second-order valence-corrected chi connectivity index (χ2v) is 5.98. The minimum Gasteiger partial charge on any atom is -0.497 e. The molecule has 0 radical (unpaired) electrons. The third-order valence-corrected chi connectivity index (χ3v) is 4.45. The molecule has 1 aromatic heterocycles. The van der Waals surface area contributed by atoms with Crippen LogP contribution in [0.1, 0.15) is 37.6 Å². The maximum atomic E-state index is 11.9. The Hall–Kier alpha value is -2.15. The van der Waals surface area contributed by atoms with Crippen LogP contribution in [0.2, 0.25) is 0 Å². The van der Waals surface area contributed by atoms with Gasteiger partial charge in [-0.25, -0.2) is 0 Å². The van der Waals surface area contributed by atoms with Crippen LogP contribution >= 0.6 is 11.3 Å². The molecule has 0 unspecified atom stereocenters. The predicted molar refractivity (Wildman–Crippen MR) is 90.4 cm³/mol. The zero-order chi connectivity index (χ0) is 16.7. The van der Waals surface area contributed by atoms with Crippen molar-refractivity contribution in [3.8, 4) is 11.5 Å². The van der Waals surface area contributed by atoms with Gasteiger partial charge in [0.2, 0.25) is 5.13 Å². The Bertz CT molecular complexity index is 624. The van der Waals surface area contributed by atoms with E-state index in [4.69, 9.17) is 9.47 Å². The summed E-state index contributed by atoms with van der Waals surface area (Å²) in [5.74, 6) is 1.49. The molecule has 0 aliphatic rings. The van der Waals surface area contributed by atoms with E-state index in [0.29, 0.717) is 16.8 Å². The Morgan fingerprint density at radius 2 is 1.83 bits per heavy atom. The van der Waals surface area contributed by atoms with Crippen molar-refractivity contribution in [1.82, 2.24) is 10.2 Å². The van der Waals surface area contributed by atoms with Crippen LogP contribution in [0.4, 0.5) is 5.13 Å². The van der Waals surface area contributed by atoms with Gasteiger partial charge in [0.25, 0.3) is 5.91 Å². The van der Waals surface area contributed by atoms with Crippen LogP contribution in [0.3, 0.4) is 0 Å². The van der Waals surface area contributed by atoms with Gasteiger partial charge in [-0.1, -0.05) is 25.2 Å². The van der Waals surface area contributed by atoms with Gasteiger partial charge in [0.1, 0.15) is 16.5 Å². The number of nitrogens with zero attached hydrogens (tertiary/aromatic N) is 2. The molecule has 0 saturated heterocycles. The molecule has 1 amide bonds. The summed E-state index contributed by atoms with van der Waals surface area (Å²) in [7, 11) is 1.60. The molecule has 0 atom stereocenters. The maximum Gasteiger partial charge on any atom is 0.264 e. The Balaban J connectivity index is 1.84. The third-order valence-electron chi connectivity index (χ3n) is 3.45. The first-order valence-corrected chi connectivity index (χ1v) is 8.38. The largest absolute Gasteiger partial charge is 0.497 e. The lowest BCUT2D eigenvalue weighted by Crippen LogP contribution is -2.20. The molecule has 6 nitrogen and oxygen atoms in total. The zero-order valence-electron chi connectivity index (χ0n) is 13.5. The Kier molecular flexibility index (Phi) is 6.34. The number of nitrogens with one attached hydrogen (secondary N) is 1. The van der Waals surface area contributed by atoms with E-state index < -0.39 is 0 Å². The van der Waals surface area contributed by atoms with Crippen LogP contribution < -0.4 is 14.8 Å². The monoisotopic (exact) mass is 335 g/mol. The van der Waals surface area contributed by atoms with Crippen LogP contribution in [0.5, 0.6) is 11.5 Å². The van der Waals surface area contributed by atoms with Crippen LogP contribution in [-0.4, -0.2) is 29.8 Å². The summed E-state index contributed by atoms with van der Waals surface area (Å²) in [4.78, 5) is 11.9. The normalized spacial score (nSPS) is 10.6. The van der Waals surface area contributed by atoms with Gasteiger partial charge < -0.3 is 9.47 Å². The summed E-state index contributed by atoms with van der Waals surface area (Å²) >= 11 is 1.42. The van der Waals surface area contributed by atoms with E-state index in [2.05, 4.69) is 29.4 Å². The summed E-state index contributed by atoms with van der Waals surface area (Å²) in [6.07, 6.45) is 2.03. The summed E-state index contributed by atoms with van der Waals surface area (Å²) in [6, 6.07) is 7.06. The standard InChI is InChI=1S/C16H21N3O3S/c1-4-11(5-2)15-18-19-16(23-15)17-14(20)10-22-13-8-6-12(21-3)7-9-13/h6-9,11H,4-5,10H2,1-3H3,(H,17,19,20). The average molecular weight is 335 g/mol. The fourth-order valence-corrected chi connectivity index (χ4v) is 3.09. The van der Waals surface area contributed by atoms with Crippen molar-refractivity contribution in [3.63, 3.8) is 0 Å². The molecule has 0 fully saturated rings. The van der Waals surface area contributed by atoms with E-state index in [1.54, 1.807) is 31.4 Å². The van der Waals surface area contributed by atoms with Crippen molar-refractivity contribution in [2.75, 3.05) is 19.0 Å². The summed E-state index contributed by atoms with van der Waals surface area (Å²) < 4.78 is 10.5. The van der Waals surface area contributed by atoms with E-state index in [-0.39, 0.29) is 12.5 Å². The van der Waals surface area contributed by atoms with Gasteiger partial charge in [0, 0.05) is 5.92 Å². The molecule has 0 spiro atoms. The van der Waals surface area contributed by atoms with Crippen LogP contribution in [0.15, 0.2) is 24.3 Å². The molecular formula is C16H21N3O3S. The van der Waals surface area contributed by atoms with Crippen LogP contribution in [-0.2, 0) is 4.79 Å². The van der Waals surface area contributed by atoms with E-state index in [1.165, 1.54) is 11.3 Å². The second-order valence-electron chi connectivity index (χ2n) is 4.97. The number of carbonyl (C=O) groups is 1.